The number of hydrogen-bond acceptors (Lipinski definition) is 6. The van der Waals surface area contributed by atoms with Crippen LogP contribution in [0.4, 0.5) is 4.79 Å². The highest BCUT2D eigenvalue weighted by Gasteiger charge is 2.30. The number of aliphatic hydroxyl groups is 1. The molecule has 7 heteroatoms. The Balaban J connectivity index is 2.62. The molecule has 3 atom stereocenters. The van der Waals surface area contributed by atoms with Crippen LogP contribution in [0.5, 0.6) is 0 Å². The Bertz CT molecular complexity index is 351. The average Bonchev–Trinajstić information content (AvgIpc) is 2.33. The Kier molecular flexibility index (Phi) is 5.76. The lowest BCUT2D eigenvalue weighted by molar-refractivity contribution is -0.156. The molecule has 1 aliphatic heterocycles. The first-order chi connectivity index (χ1) is 9.19. The number of ether oxygens (including phenoxy) is 3. The van der Waals surface area contributed by atoms with Gasteiger partial charge in [0, 0.05) is 13.0 Å². The molecule has 0 aromatic heterocycles. The van der Waals surface area contributed by atoms with Gasteiger partial charge in [-0.05, 0) is 27.7 Å². The van der Waals surface area contributed by atoms with Crippen molar-refractivity contribution in [2.24, 2.45) is 0 Å². The van der Waals surface area contributed by atoms with E-state index < -0.39 is 35.9 Å². The summed E-state index contributed by atoms with van der Waals surface area (Å²) in [6, 6.07) is -0.947. The molecule has 0 aromatic carbocycles. The van der Waals surface area contributed by atoms with Gasteiger partial charge in [-0.1, -0.05) is 0 Å². The van der Waals surface area contributed by atoms with E-state index in [2.05, 4.69) is 5.32 Å². The summed E-state index contributed by atoms with van der Waals surface area (Å²) in [5.41, 5.74) is -0.656. The predicted octanol–water partition coefficient (Wildman–Crippen LogP) is 0.593. The molecular formula is C13H23NO6. The van der Waals surface area contributed by atoms with E-state index in [1.165, 1.54) is 0 Å². The van der Waals surface area contributed by atoms with Crippen molar-refractivity contribution in [2.75, 3.05) is 13.2 Å². The van der Waals surface area contributed by atoms with Crippen molar-refractivity contribution in [1.82, 2.24) is 5.32 Å². The van der Waals surface area contributed by atoms with Crippen LogP contribution in [-0.2, 0) is 19.0 Å². The third-order valence-electron chi connectivity index (χ3n) is 2.66. The third-order valence-corrected chi connectivity index (χ3v) is 2.66. The summed E-state index contributed by atoms with van der Waals surface area (Å²) < 4.78 is 15.4. The van der Waals surface area contributed by atoms with Gasteiger partial charge in [0.15, 0.2) is 6.04 Å². The largest absolute Gasteiger partial charge is 0.458 e. The second kappa shape index (κ2) is 6.90. The zero-order valence-corrected chi connectivity index (χ0v) is 12.3. The fourth-order valence-corrected chi connectivity index (χ4v) is 1.60. The van der Waals surface area contributed by atoms with Crippen molar-refractivity contribution >= 4 is 12.1 Å². The fraction of sp³-hybridized carbons (Fsp3) is 0.846. The van der Waals surface area contributed by atoms with E-state index in [9.17, 15) is 14.7 Å². The second-order valence-electron chi connectivity index (χ2n) is 5.77. The van der Waals surface area contributed by atoms with Gasteiger partial charge in [-0.2, -0.15) is 0 Å². The molecule has 1 amide bonds. The summed E-state index contributed by atoms with van der Waals surface area (Å²) in [6.07, 6.45) is -1.77. The Labute approximate surface area is 118 Å². The van der Waals surface area contributed by atoms with Crippen LogP contribution >= 0.6 is 0 Å². The molecular weight excluding hydrogens is 266 g/mol. The number of carbonyl (C=O) groups is 2. The highest BCUT2D eigenvalue weighted by atomic mass is 16.6. The molecule has 1 rings (SSSR count). The normalized spacial score (nSPS) is 28.6. The molecule has 1 fully saturated rings. The maximum absolute atomic E-state index is 11.9. The Hall–Kier alpha value is -1.34. The highest BCUT2D eigenvalue weighted by molar-refractivity contribution is 5.81. The third kappa shape index (κ3) is 5.75. The molecule has 1 heterocycles. The van der Waals surface area contributed by atoms with E-state index in [1.54, 1.807) is 27.7 Å². The zero-order chi connectivity index (χ0) is 15.3. The Morgan fingerprint density at radius 1 is 1.45 bits per heavy atom. The van der Waals surface area contributed by atoms with Crippen LogP contribution in [0.2, 0.25) is 0 Å². The molecule has 116 valence electrons. The smallest absolute Gasteiger partial charge is 0.408 e. The second-order valence-corrected chi connectivity index (χ2v) is 5.77. The minimum atomic E-state index is -0.947. The zero-order valence-electron chi connectivity index (χ0n) is 12.3. The summed E-state index contributed by atoms with van der Waals surface area (Å²) in [5.74, 6) is -0.649. The quantitative estimate of drug-likeness (QED) is 0.686. The minimum absolute atomic E-state index is 0.0164. The minimum Gasteiger partial charge on any atom is -0.458 e. The molecule has 0 unspecified atom stereocenters. The van der Waals surface area contributed by atoms with Crippen LogP contribution in [0.3, 0.4) is 0 Å². The lowest BCUT2D eigenvalue weighted by Gasteiger charge is -2.23. The van der Waals surface area contributed by atoms with Crippen LogP contribution in [0.25, 0.3) is 0 Å². The van der Waals surface area contributed by atoms with Crippen LogP contribution in [0.1, 0.15) is 34.1 Å². The summed E-state index contributed by atoms with van der Waals surface area (Å²) in [5, 5.41) is 12.1. The maximum Gasteiger partial charge on any atom is 0.408 e. The number of esters is 1. The molecule has 20 heavy (non-hydrogen) atoms. The van der Waals surface area contributed by atoms with Gasteiger partial charge in [-0.25, -0.2) is 9.59 Å². The van der Waals surface area contributed by atoms with Crippen molar-refractivity contribution in [3.63, 3.8) is 0 Å². The SMILES string of the molecule is C[C@@H]1OC(=O)[C@@H](NC(=O)OC(C)(C)C)COCC[C@H]1O. The molecule has 0 aromatic rings. The van der Waals surface area contributed by atoms with Gasteiger partial charge < -0.3 is 24.6 Å². The molecule has 7 nitrogen and oxygen atoms in total. The van der Waals surface area contributed by atoms with E-state index in [-0.39, 0.29) is 13.2 Å². The monoisotopic (exact) mass is 289 g/mol. The number of carbonyl (C=O) groups excluding carboxylic acids is 2. The molecule has 1 saturated heterocycles. The van der Waals surface area contributed by atoms with Gasteiger partial charge >= 0.3 is 12.1 Å². The number of nitrogens with one attached hydrogen (secondary N) is 1. The van der Waals surface area contributed by atoms with Crippen LogP contribution < -0.4 is 5.32 Å². The van der Waals surface area contributed by atoms with Gasteiger partial charge in [0.2, 0.25) is 0 Å². The maximum atomic E-state index is 11.9. The van der Waals surface area contributed by atoms with Gasteiger partial charge in [0.1, 0.15) is 11.7 Å². The molecule has 0 aliphatic carbocycles. The lowest BCUT2D eigenvalue weighted by atomic mass is 10.2. The molecule has 1 aliphatic rings. The molecule has 2 N–H and O–H groups in total. The standard InChI is InChI=1S/C13H23NO6/c1-8-10(15)5-6-18-7-9(11(16)19-8)14-12(17)20-13(2,3)4/h8-10,15H,5-7H2,1-4H3,(H,14,17)/t8-,9-,10+/m0/s1. The van der Waals surface area contributed by atoms with Gasteiger partial charge in [-0.15, -0.1) is 0 Å². The van der Waals surface area contributed by atoms with E-state index in [0.29, 0.717) is 6.42 Å². The molecule has 0 saturated carbocycles. The first-order valence-corrected chi connectivity index (χ1v) is 6.65. The number of aliphatic hydroxyl groups excluding tert-OH is 1. The van der Waals surface area contributed by atoms with E-state index >= 15 is 0 Å². The van der Waals surface area contributed by atoms with Crippen molar-refractivity contribution in [2.45, 2.75) is 58.0 Å². The Morgan fingerprint density at radius 3 is 2.70 bits per heavy atom. The summed E-state index contributed by atoms with van der Waals surface area (Å²) in [4.78, 5) is 23.5. The Morgan fingerprint density at radius 2 is 2.10 bits per heavy atom. The van der Waals surface area contributed by atoms with Crippen LogP contribution in [0.15, 0.2) is 0 Å². The van der Waals surface area contributed by atoms with Crippen molar-refractivity contribution < 1.29 is 28.9 Å². The predicted molar refractivity (Wildman–Crippen MR) is 70.2 cm³/mol. The van der Waals surface area contributed by atoms with E-state index in [1.807, 2.05) is 0 Å². The lowest BCUT2D eigenvalue weighted by Crippen LogP contribution is -2.47. The molecule has 0 radical (unpaired) electrons. The summed E-state index contributed by atoms with van der Waals surface area (Å²) in [6.45, 7) is 7.04. The fourth-order valence-electron chi connectivity index (χ4n) is 1.60. The van der Waals surface area contributed by atoms with Crippen molar-refractivity contribution in [1.29, 1.82) is 0 Å². The van der Waals surface area contributed by atoms with Crippen LogP contribution in [-0.4, -0.2) is 54.2 Å². The van der Waals surface area contributed by atoms with E-state index in [4.69, 9.17) is 14.2 Å². The van der Waals surface area contributed by atoms with Gasteiger partial charge in [0.25, 0.3) is 0 Å². The van der Waals surface area contributed by atoms with E-state index in [0.717, 1.165) is 0 Å². The summed E-state index contributed by atoms with van der Waals surface area (Å²) in [7, 11) is 0. The number of alkyl carbamates (subject to hydrolysis) is 1. The summed E-state index contributed by atoms with van der Waals surface area (Å²) >= 11 is 0. The van der Waals surface area contributed by atoms with Crippen molar-refractivity contribution in [3.05, 3.63) is 0 Å². The first-order valence-electron chi connectivity index (χ1n) is 6.65. The number of hydrogen-bond donors (Lipinski definition) is 2. The van der Waals surface area contributed by atoms with Crippen LogP contribution in [0, 0.1) is 0 Å². The van der Waals surface area contributed by atoms with Crippen molar-refractivity contribution in [3.8, 4) is 0 Å². The highest BCUT2D eigenvalue weighted by Crippen LogP contribution is 2.10. The van der Waals surface area contributed by atoms with Gasteiger partial charge in [0.05, 0.1) is 12.7 Å². The first kappa shape index (κ1) is 16.7. The number of rotatable bonds is 1. The van der Waals surface area contributed by atoms with Gasteiger partial charge in [-0.3, -0.25) is 0 Å². The topological polar surface area (TPSA) is 94.1 Å². The molecule has 0 spiro atoms. The number of cyclic esters (lactones) is 1. The average molecular weight is 289 g/mol. The number of amides is 1. The molecule has 0 bridgehead atoms.